The fourth-order valence-corrected chi connectivity index (χ4v) is 2.93. The van der Waals surface area contributed by atoms with Gasteiger partial charge in [-0.25, -0.2) is 4.98 Å². The van der Waals surface area contributed by atoms with Crippen molar-refractivity contribution >= 4 is 21.7 Å². The number of aromatic nitrogens is 1. The average Bonchev–Trinajstić information content (AvgIpc) is 2.77. The Morgan fingerprint density at radius 2 is 2.22 bits per heavy atom. The molecule has 6 heteroatoms. The van der Waals surface area contributed by atoms with Crippen molar-refractivity contribution in [3.05, 3.63) is 23.9 Å². The van der Waals surface area contributed by atoms with Crippen LogP contribution in [0.25, 0.3) is 0 Å². The van der Waals surface area contributed by atoms with E-state index >= 15 is 0 Å². The molecule has 0 spiro atoms. The molecular formula is C12H14BrF3N2. The summed E-state index contributed by atoms with van der Waals surface area (Å²) in [4.78, 5) is 5.66. The lowest BCUT2D eigenvalue weighted by molar-refractivity contribution is -0.137. The zero-order valence-corrected chi connectivity index (χ0v) is 11.3. The minimum absolute atomic E-state index is 0.0714. The van der Waals surface area contributed by atoms with Crippen LogP contribution in [-0.2, 0) is 6.18 Å². The molecule has 0 amide bonds. The van der Waals surface area contributed by atoms with Crippen molar-refractivity contribution in [2.24, 2.45) is 5.92 Å². The summed E-state index contributed by atoms with van der Waals surface area (Å²) in [5.74, 6) is 0.523. The molecule has 1 saturated heterocycles. The maximum atomic E-state index is 12.9. The van der Waals surface area contributed by atoms with Crippen molar-refractivity contribution in [3.8, 4) is 0 Å². The lowest BCUT2D eigenvalue weighted by Gasteiger charge is -2.21. The summed E-state index contributed by atoms with van der Waals surface area (Å²) in [5.41, 5.74) is -0.635. The van der Waals surface area contributed by atoms with Crippen LogP contribution in [0.2, 0.25) is 0 Å². The molecule has 100 valence electrons. The molecule has 2 heterocycles. The predicted octanol–water partition coefficient (Wildman–Crippen LogP) is 3.71. The summed E-state index contributed by atoms with van der Waals surface area (Å²) in [7, 11) is 0. The summed E-state index contributed by atoms with van der Waals surface area (Å²) >= 11 is 3.37. The first-order valence-corrected chi connectivity index (χ1v) is 6.97. The van der Waals surface area contributed by atoms with Crippen LogP contribution in [0, 0.1) is 5.92 Å². The van der Waals surface area contributed by atoms with E-state index in [2.05, 4.69) is 20.9 Å². The van der Waals surface area contributed by atoms with Crippen LogP contribution in [0.1, 0.15) is 18.4 Å². The Bertz CT molecular complexity index is 409. The average molecular weight is 323 g/mol. The fourth-order valence-electron chi connectivity index (χ4n) is 2.29. The molecule has 0 bridgehead atoms. The highest BCUT2D eigenvalue weighted by Gasteiger charge is 2.37. The van der Waals surface area contributed by atoms with Crippen molar-refractivity contribution in [2.45, 2.75) is 19.0 Å². The van der Waals surface area contributed by atoms with Gasteiger partial charge in [0.15, 0.2) is 0 Å². The van der Waals surface area contributed by atoms with Crippen LogP contribution in [0.5, 0.6) is 0 Å². The molecule has 1 unspecified atom stereocenters. The lowest BCUT2D eigenvalue weighted by Crippen LogP contribution is -2.24. The summed E-state index contributed by atoms with van der Waals surface area (Å²) < 4.78 is 38.6. The van der Waals surface area contributed by atoms with Gasteiger partial charge in [-0.15, -0.1) is 0 Å². The highest BCUT2D eigenvalue weighted by atomic mass is 79.9. The van der Waals surface area contributed by atoms with Crippen molar-refractivity contribution in [1.82, 2.24) is 4.98 Å². The second kappa shape index (κ2) is 5.47. The molecule has 0 saturated carbocycles. The highest BCUT2D eigenvalue weighted by Crippen LogP contribution is 2.37. The van der Waals surface area contributed by atoms with Crippen LogP contribution < -0.4 is 4.90 Å². The molecule has 0 N–H and O–H groups in total. The van der Waals surface area contributed by atoms with E-state index in [4.69, 9.17) is 0 Å². The van der Waals surface area contributed by atoms with E-state index in [1.807, 2.05) is 0 Å². The molecule has 1 aromatic heterocycles. The third-order valence-corrected chi connectivity index (χ3v) is 3.65. The van der Waals surface area contributed by atoms with Crippen LogP contribution in [0.4, 0.5) is 19.0 Å². The number of alkyl halides is 4. The van der Waals surface area contributed by atoms with Gasteiger partial charge in [0, 0.05) is 24.6 Å². The van der Waals surface area contributed by atoms with Crippen molar-refractivity contribution in [1.29, 1.82) is 0 Å². The molecule has 18 heavy (non-hydrogen) atoms. The smallest absolute Gasteiger partial charge is 0.356 e. The zero-order valence-electron chi connectivity index (χ0n) is 9.75. The molecule has 0 aromatic carbocycles. The second-order valence-electron chi connectivity index (χ2n) is 4.45. The molecule has 2 nitrogen and oxygen atoms in total. The van der Waals surface area contributed by atoms with Crippen molar-refractivity contribution in [3.63, 3.8) is 0 Å². The topological polar surface area (TPSA) is 16.1 Å². The van der Waals surface area contributed by atoms with Gasteiger partial charge in [0.2, 0.25) is 0 Å². The van der Waals surface area contributed by atoms with Gasteiger partial charge >= 0.3 is 6.18 Å². The number of anilines is 1. The summed E-state index contributed by atoms with van der Waals surface area (Å²) in [6.45, 7) is 1.31. The lowest BCUT2D eigenvalue weighted by atomic mass is 10.1. The molecule has 1 aliphatic heterocycles. The summed E-state index contributed by atoms with van der Waals surface area (Å²) in [5, 5.41) is 0.889. The number of nitrogens with zero attached hydrogens (tertiary/aromatic N) is 2. The maximum Gasteiger partial charge on any atom is 0.419 e. The zero-order chi connectivity index (χ0) is 13.2. The highest BCUT2D eigenvalue weighted by molar-refractivity contribution is 9.09. The van der Waals surface area contributed by atoms with Crippen LogP contribution >= 0.6 is 15.9 Å². The van der Waals surface area contributed by atoms with Crippen LogP contribution in [0.3, 0.4) is 0 Å². The van der Waals surface area contributed by atoms with Crippen molar-refractivity contribution < 1.29 is 13.2 Å². The van der Waals surface area contributed by atoms with E-state index in [-0.39, 0.29) is 5.82 Å². The Balaban J connectivity index is 2.19. The van der Waals surface area contributed by atoms with Gasteiger partial charge in [-0.2, -0.15) is 13.2 Å². The van der Waals surface area contributed by atoms with E-state index in [1.165, 1.54) is 12.3 Å². The third-order valence-electron chi connectivity index (χ3n) is 3.19. The van der Waals surface area contributed by atoms with E-state index < -0.39 is 11.7 Å². The van der Waals surface area contributed by atoms with Gasteiger partial charge in [-0.05, 0) is 30.9 Å². The molecule has 0 aliphatic carbocycles. The van der Waals surface area contributed by atoms with Gasteiger partial charge in [0.25, 0.3) is 0 Å². The van der Waals surface area contributed by atoms with Gasteiger partial charge in [0.05, 0.1) is 5.56 Å². The van der Waals surface area contributed by atoms with E-state index in [0.29, 0.717) is 19.0 Å². The molecule has 1 aliphatic rings. The first-order chi connectivity index (χ1) is 8.52. The number of hydrogen-bond acceptors (Lipinski definition) is 2. The molecule has 0 radical (unpaired) electrons. The summed E-state index contributed by atoms with van der Waals surface area (Å²) in [6, 6.07) is 2.43. The van der Waals surface area contributed by atoms with Gasteiger partial charge < -0.3 is 4.90 Å². The number of hydrogen-bond donors (Lipinski definition) is 0. The predicted molar refractivity (Wildman–Crippen MR) is 68.0 cm³/mol. The minimum atomic E-state index is -4.34. The maximum absolute atomic E-state index is 12.9. The Labute approximate surface area is 112 Å². The first-order valence-electron chi connectivity index (χ1n) is 5.85. The Morgan fingerprint density at radius 1 is 1.44 bits per heavy atom. The van der Waals surface area contributed by atoms with Crippen LogP contribution in [0.15, 0.2) is 18.3 Å². The summed E-state index contributed by atoms with van der Waals surface area (Å²) in [6.07, 6.45) is -0.996. The normalized spacial score (nSPS) is 20.4. The SMILES string of the molecule is FC(F)(F)c1cccnc1N1CCC(CCBr)C1. The quantitative estimate of drug-likeness (QED) is 0.789. The molecule has 1 atom stereocenters. The largest absolute Gasteiger partial charge is 0.419 e. The molecular weight excluding hydrogens is 309 g/mol. The Morgan fingerprint density at radius 3 is 2.89 bits per heavy atom. The second-order valence-corrected chi connectivity index (χ2v) is 5.24. The van der Waals surface area contributed by atoms with Crippen LogP contribution in [-0.4, -0.2) is 23.4 Å². The number of pyridine rings is 1. The molecule has 1 fully saturated rings. The third kappa shape index (κ3) is 2.96. The molecule has 1 aromatic rings. The minimum Gasteiger partial charge on any atom is -0.356 e. The Hall–Kier alpha value is -0.780. The van der Waals surface area contributed by atoms with Gasteiger partial charge in [0.1, 0.15) is 5.82 Å². The van der Waals surface area contributed by atoms with E-state index in [1.54, 1.807) is 4.90 Å². The number of halogens is 4. The monoisotopic (exact) mass is 322 g/mol. The van der Waals surface area contributed by atoms with Crippen molar-refractivity contribution in [2.75, 3.05) is 23.3 Å². The first kappa shape index (κ1) is 13.6. The van der Waals surface area contributed by atoms with Gasteiger partial charge in [-0.1, -0.05) is 15.9 Å². The fraction of sp³-hybridized carbons (Fsp3) is 0.583. The van der Waals surface area contributed by atoms with Gasteiger partial charge in [-0.3, -0.25) is 0 Å². The molecule has 2 rings (SSSR count). The Kier molecular flexibility index (Phi) is 4.14. The number of rotatable bonds is 3. The standard InChI is InChI=1S/C12H14BrF3N2/c13-5-3-9-4-7-18(8-9)11-10(12(14,15)16)2-1-6-17-11/h1-2,6,9H,3-5,7-8H2. The van der Waals surface area contributed by atoms with E-state index in [0.717, 1.165) is 24.2 Å². The van der Waals surface area contributed by atoms with E-state index in [9.17, 15) is 13.2 Å².